The lowest BCUT2D eigenvalue weighted by atomic mass is 10.1. The summed E-state index contributed by atoms with van der Waals surface area (Å²) in [6, 6.07) is 2.86. The van der Waals surface area contributed by atoms with E-state index in [0.29, 0.717) is 6.07 Å². The van der Waals surface area contributed by atoms with E-state index in [9.17, 15) is 23.3 Å². The number of nitrogens with zero attached hydrogens (tertiary/aromatic N) is 1. The number of nitro groups is 1. The van der Waals surface area contributed by atoms with Gasteiger partial charge in [0.15, 0.2) is 0 Å². The fraction of sp³-hybridized carbons (Fsp3) is 0.571. The van der Waals surface area contributed by atoms with E-state index >= 15 is 0 Å². The molecule has 21 heavy (non-hydrogen) atoms. The quantitative estimate of drug-likeness (QED) is 0.498. The van der Waals surface area contributed by atoms with Gasteiger partial charge in [-0.1, -0.05) is 25.7 Å². The molecule has 2 rings (SSSR count). The summed E-state index contributed by atoms with van der Waals surface area (Å²) in [6.45, 7) is 0. The van der Waals surface area contributed by atoms with Crippen LogP contribution in [0, 0.1) is 10.1 Å². The predicted molar refractivity (Wildman–Crippen MR) is 73.2 cm³/mol. The van der Waals surface area contributed by atoms with Gasteiger partial charge in [0.1, 0.15) is 0 Å². The minimum absolute atomic E-state index is 0.00458. The highest BCUT2D eigenvalue weighted by Gasteiger charge is 2.35. The van der Waals surface area contributed by atoms with Crippen molar-refractivity contribution in [2.75, 3.05) is 5.32 Å². The molecule has 1 aliphatic carbocycles. The average molecular weight is 302 g/mol. The molecule has 0 radical (unpaired) electrons. The molecule has 116 valence electrons. The molecule has 0 atom stereocenters. The summed E-state index contributed by atoms with van der Waals surface area (Å²) in [5, 5.41) is 13.6. The Morgan fingerprint density at radius 2 is 1.76 bits per heavy atom. The first-order valence-corrected chi connectivity index (χ1v) is 7.00. The molecule has 0 bridgehead atoms. The van der Waals surface area contributed by atoms with E-state index in [1.165, 1.54) is 0 Å². The van der Waals surface area contributed by atoms with Gasteiger partial charge in [-0.25, -0.2) is 0 Å². The highest BCUT2D eigenvalue weighted by molar-refractivity contribution is 5.57. The Balaban J connectivity index is 2.27. The summed E-state index contributed by atoms with van der Waals surface area (Å²) in [7, 11) is 0. The molecule has 1 fully saturated rings. The van der Waals surface area contributed by atoms with E-state index in [1.807, 2.05) is 0 Å². The van der Waals surface area contributed by atoms with Gasteiger partial charge in [-0.2, -0.15) is 13.2 Å². The SMILES string of the molecule is O=[N+]([O-])c1ccc(NC2CCCCCC2)c(C(F)(F)F)c1. The number of nitrogens with one attached hydrogen (secondary N) is 1. The van der Waals surface area contributed by atoms with E-state index in [1.54, 1.807) is 0 Å². The first-order valence-electron chi connectivity index (χ1n) is 7.00. The Kier molecular flexibility index (Phi) is 4.69. The molecule has 7 heteroatoms. The van der Waals surface area contributed by atoms with Crippen LogP contribution in [0.25, 0.3) is 0 Å². The van der Waals surface area contributed by atoms with Crippen molar-refractivity contribution in [3.8, 4) is 0 Å². The summed E-state index contributed by atoms with van der Waals surface area (Å²) in [5.41, 5.74) is -1.59. The standard InChI is InChI=1S/C14H17F3N2O2/c15-14(16,17)12-9-11(19(20)21)7-8-13(12)18-10-5-3-1-2-4-6-10/h7-10,18H,1-6H2. The molecule has 1 aromatic carbocycles. The second kappa shape index (κ2) is 6.32. The van der Waals surface area contributed by atoms with E-state index < -0.39 is 22.4 Å². The molecule has 4 nitrogen and oxygen atoms in total. The van der Waals surface area contributed by atoms with Gasteiger partial charge >= 0.3 is 6.18 Å². The van der Waals surface area contributed by atoms with E-state index in [4.69, 9.17) is 0 Å². The molecule has 0 unspecified atom stereocenters. The zero-order valence-corrected chi connectivity index (χ0v) is 11.4. The fourth-order valence-corrected chi connectivity index (χ4v) is 2.65. The largest absolute Gasteiger partial charge is 0.418 e. The van der Waals surface area contributed by atoms with Crippen LogP contribution >= 0.6 is 0 Å². The zero-order chi connectivity index (χ0) is 15.5. The van der Waals surface area contributed by atoms with Crippen LogP contribution in [0.3, 0.4) is 0 Å². The molecule has 0 amide bonds. The molecule has 0 heterocycles. The minimum atomic E-state index is -4.61. The molecule has 0 aromatic heterocycles. The van der Waals surface area contributed by atoms with Crippen LogP contribution in [0.4, 0.5) is 24.5 Å². The van der Waals surface area contributed by atoms with Gasteiger partial charge in [0, 0.05) is 23.9 Å². The molecule has 1 saturated carbocycles. The van der Waals surface area contributed by atoms with E-state index in [-0.39, 0.29) is 11.7 Å². The molecule has 1 aromatic rings. The Morgan fingerprint density at radius 3 is 2.29 bits per heavy atom. The maximum Gasteiger partial charge on any atom is 0.418 e. The first kappa shape index (κ1) is 15.6. The Labute approximate surface area is 120 Å². The Bertz CT molecular complexity index is 509. The highest BCUT2D eigenvalue weighted by Crippen LogP contribution is 2.38. The topological polar surface area (TPSA) is 55.2 Å². The fourth-order valence-electron chi connectivity index (χ4n) is 2.65. The number of anilines is 1. The van der Waals surface area contributed by atoms with Crippen LogP contribution in [-0.2, 0) is 6.18 Å². The number of non-ortho nitro benzene ring substituents is 1. The monoisotopic (exact) mass is 302 g/mol. The third-order valence-electron chi connectivity index (χ3n) is 3.73. The molecule has 1 N–H and O–H groups in total. The van der Waals surface area contributed by atoms with E-state index in [0.717, 1.165) is 50.7 Å². The van der Waals surface area contributed by atoms with Crippen molar-refractivity contribution in [1.29, 1.82) is 0 Å². The Morgan fingerprint density at radius 1 is 1.14 bits per heavy atom. The maximum absolute atomic E-state index is 13.1. The van der Waals surface area contributed by atoms with Crippen LogP contribution in [-0.4, -0.2) is 11.0 Å². The number of nitro benzene ring substituents is 1. The van der Waals surface area contributed by atoms with Crippen molar-refractivity contribution in [2.24, 2.45) is 0 Å². The van der Waals surface area contributed by atoms with Crippen molar-refractivity contribution in [1.82, 2.24) is 0 Å². The molecule has 0 aliphatic heterocycles. The first-order chi connectivity index (χ1) is 9.88. The predicted octanol–water partition coefficient (Wildman–Crippen LogP) is 4.75. The van der Waals surface area contributed by atoms with Crippen molar-refractivity contribution in [3.63, 3.8) is 0 Å². The highest BCUT2D eigenvalue weighted by atomic mass is 19.4. The van der Waals surface area contributed by atoms with Gasteiger partial charge in [0.05, 0.1) is 10.5 Å². The molecular weight excluding hydrogens is 285 g/mol. The van der Waals surface area contributed by atoms with Crippen LogP contribution in [0.2, 0.25) is 0 Å². The van der Waals surface area contributed by atoms with E-state index in [2.05, 4.69) is 5.32 Å². The van der Waals surface area contributed by atoms with Crippen LogP contribution in [0.15, 0.2) is 18.2 Å². The van der Waals surface area contributed by atoms with Gasteiger partial charge in [-0.05, 0) is 18.9 Å². The Hall–Kier alpha value is -1.79. The van der Waals surface area contributed by atoms with Crippen molar-refractivity contribution < 1.29 is 18.1 Å². The summed E-state index contributed by atoms with van der Waals surface area (Å²) in [6.07, 6.45) is 1.23. The summed E-state index contributed by atoms with van der Waals surface area (Å²) in [5.74, 6) is 0. The number of alkyl halides is 3. The summed E-state index contributed by atoms with van der Waals surface area (Å²) < 4.78 is 39.2. The average Bonchev–Trinajstić information content (AvgIpc) is 2.66. The third kappa shape index (κ3) is 4.09. The zero-order valence-electron chi connectivity index (χ0n) is 11.4. The molecule has 1 aliphatic rings. The summed E-state index contributed by atoms with van der Waals surface area (Å²) >= 11 is 0. The lowest BCUT2D eigenvalue weighted by molar-refractivity contribution is -0.385. The van der Waals surface area contributed by atoms with Gasteiger partial charge in [0.2, 0.25) is 0 Å². The van der Waals surface area contributed by atoms with Gasteiger partial charge in [-0.3, -0.25) is 10.1 Å². The van der Waals surface area contributed by atoms with Crippen molar-refractivity contribution in [3.05, 3.63) is 33.9 Å². The van der Waals surface area contributed by atoms with Crippen molar-refractivity contribution >= 4 is 11.4 Å². The number of rotatable bonds is 3. The smallest absolute Gasteiger partial charge is 0.382 e. The van der Waals surface area contributed by atoms with Crippen LogP contribution in [0.5, 0.6) is 0 Å². The molecule has 0 saturated heterocycles. The van der Waals surface area contributed by atoms with Gasteiger partial charge in [0.25, 0.3) is 5.69 Å². The lowest BCUT2D eigenvalue weighted by Crippen LogP contribution is -2.21. The van der Waals surface area contributed by atoms with Gasteiger partial charge in [-0.15, -0.1) is 0 Å². The number of hydrogen-bond donors (Lipinski definition) is 1. The second-order valence-corrected chi connectivity index (χ2v) is 5.32. The maximum atomic E-state index is 13.1. The third-order valence-corrected chi connectivity index (χ3v) is 3.73. The van der Waals surface area contributed by atoms with Crippen molar-refractivity contribution in [2.45, 2.75) is 50.7 Å². The second-order valence-electron chi connectivity index (χ2n) is 5.32. The summed E-state index contributed by atoms with van der Waals surface area (Å²) in [4.78, 5) is 9.83. The number of hydrogen-bond acceptors (Lipinski definition) is 3. The van der Waals surface area contributed by atoms with Crippen LogP contribution in [0.1, 0.15) is 44.1 Å². The van der Waals surface area contributed by atoms with Gasteiger partial charge < -0.3 is 5.32 Å². The lowest BCUT2D eigenvalue weighted by Gasteiger charge is -2.21. The normalized spacial score (nSPS) is 17.3. The molecule has 0 spiro atoms. The number of halogens is 3. The molecular formula is C14H17F3N2O2. The minimum Gasteiger partial charge on any atom is -0.382 e. The number of benzene rings is 1. The van der Waals surface area contributed by atoms with Crippen LogP contribution < -0.4 is 5.32 Å².